The maximum Gasteiger partial charge on any atom is 0.0923 e. The Hall–Kier alpha value is -0.900. The topological polar surface area (TPSA) is 49.5 Å². The van der Waals surface area contributed by atoms with Crippen molar-refractivity contribution >= 4 is 0 Å². The molecule has 0 spiro atoms. The first kappa shape index (κ1) is 13.5. The van der Waals surface area contributed by atoms with E-state index in [1.54, 1.807) is 0 Å². The highest BCUT2D eigenvalue weighted by Crippen LogP contribution is 2.35. The minimum absolute atomic E-state index is 0.652. The van der Waals surface area contributed by atoms with E-state index in [2.05, 4.69) is 30.9 Å². The van der Waals surface area contributed by atoms with Gasteiger partial charge < -0.3 is 15.7 Å². The first-order valence-corrected chi connectivity index (χ1v) is 6.78. The van der Waals surface area contributed by atoms with Crippen molar-refractivity contribution in [3.05, 3.63) is 34.9 Å². The SMILES string of the molecule is Cc1cccc(C2(O)CCN(CCN)CC2)c1C. The van der Waals surface area contributed by atoms with Gasteiger partial charge in [-0.05, 0) is 43.4 Å². The molecule has 100 valence electrons. The van der Waals surface area contributed by atoms with Crippen LogP contribution in [0.3, 0.4) is 0 Å². The quantitative estimate of drug-likeness (QED) is 0.853. The van der Waals surface area contributed by atoms with Gasteiger partial charge in [-0.2, -0.15) is 0 Å². The molecule has 3 nitrogen and oxygen atoms in total. The summed E-state index contributed by atoms with van der Waals surface area (Å²) in [6, 6.07) is 6.22. The second-order valence-electron chi connectivity index (χ2n) is 5.41. The smallest absolute Gasteiger partial charge is 0.0923 e. The van der Waals surface area contributed by atoms with Crippen molar-refractivity contribution < 1.29 is 5.11 Å². The highest BCUT2D eigenvalue weighted by molar-refractivity contribution is 5.37. The second-order valence-corrected chi connectivity index (χ2v) is 5.41. The van der Waals surface area contributed by atoms with Crippen molar-refractivity contribution in [3.63, 3.8) is 0 Å². The minimum Gasteiger partial charge on any atom is -0.385 e. The van der Waals surface area contributed by atoms with Crippen LogP contribution in [0.4, 0.5) is 0 Å². The maximum absolute atomic E-state index is 10.9. The molecule has 1 heterocycles. The highest BCUT2D eigenvalue weighted by atomic mass is 16.3. The number of hydrogen-bond donors (Lipinski definition) is 2. The molecule has 1 aromatic rings. The van der Waals surface area contributed by atoms with Crippen LogP contribution in [0.5, 0.6) is 0 Å². The maximum atomic E-state index is 10.9. The number of hydrogen-bond acceptors (Lipinski definition) is 3. The average Bonchev–Trinajstić information content (AvgIpc) is 2.36. The summed E-state index contributed by atoms with van der Waals surface area (Å²) in [5.74, 6) is 0. The monoisotopic (exact) mass is 248 g/mol. The first-order chi connectivity index (χ1) is 8.57. The molecule has 0 amide bonds. The second kappa shape index (κ2) is 5.39. The molecule has 0 aromatic heterocycles. The lowest BCUT2D eigenvalue weighted by Gasteiger charge is -2.39. The van der Waals surface area contributed by atoms with E-state index in [-0.39, 0.29) is 0 Å². The molecule has 0 atom stereocenters. The molecule has 1 saturated heterocycles. The summed E-state index contributed by atoms with van der Waals surface area (Å²) < 4.78 is 0. The van der Waals surface area contributed by atoms with E-state index in [1.165, 1.54) is 11.1 Å². The lowest BCUT2D eigenvalue weighted by molar-refractivity contribution is -0.0256. The molecule has 0 radical (unpaired) electrons. The fourth-order valence-electron chi connectivity index (χ4n) is 2.85. The van der Waals surface area contributed by atoms with Gasteiger partial charge in [-0.25, -0.2) is 0 Å². The summed E-state index contributed by atoms with van der Waals surface area (Å²) in [7, 11) is 0. The summed E-state index contributed by atoms with van der Waals surface area (Å²) >= 11 is 0. The van der Waals surface area contributed by atoms with Crippen LogP contribution in [0.1, 0.15) is 29.5 Å². The van der Waals surface area contributed by atoms with Crippen LogP contribution >= 0.6 is 0 Å². The van der Waals surface area contributed by atoms with Crippen molar-refractivity contribution in [2.24, 2.45) is 5.73 Å². The Morgan fingerprint density at radius 1 is 1.28 bits per heavy atom. The molecule has 0 bridgehead atoms. The van der Waals surface area contributed by atoms with E-state index in [1.807, 2.05) is 6.07 Å². The fraction of sp³-hybridized carbons (Fsp3) is 0.600. The minimum atomic E-state index is -0.652. The van der Waals surface area contributed by atoms with Crippen molar-refractivity contribution in [1.29, 1.82) is 0 Å². The Balaban J connectivity index is 2.16. The Bertz CT molecular complexity index is 409. The standard InChI is InChI=1S/C15H24N2O/c1-12-4-3-5-14(13(12)2)15(18)6-9-17(10-7-15)11-8-16/h3-5,18H,6-11,16H2,1-2H3. The van der Waals surface area contributed by atoms with Gasteiger partial charge in [0, 0.05) is 26.2 Å². The van der Waals surface area contributed by atoms with Crippen LogP contribution in [-0.4, -0.2) is 36.2 Å². The Labute approximate surface area is 110 Å². The molecule has 2 rings (SSSR count). The van der Waals surface area contributed by atoms with Gasteiger partial charge in [0.25, 0.3) is 0 Å². The normalized spacial score (nSPS) is 20.0. The lowest BCUT2D eigenvalue weighted by Crippen LogP contribution is -2.44. The third-order valence-electron chi connectivity index (χ3n) is 4.23. The summed E-state index contributed by atoms with van der Waals surface area (Å²) in [5, 5.41) is 10.9. The van der Waals surface area contributed by atoms with Gasteiger partial charge in [0.05, 0.1) is 5.60 Å². The summed E-state index contributed by atoms with van der Waals surface area (Å²) in [6.45, 7) is 7.70. The van der Waals surface area contributed by atoms with Crippen LogP contribution in [-0.2, 0) is 5.60 Å². The Kier molecular flexibility index (Phi) is 4.05. The zero-order valence-electron chi connectivity index (χ0n) is 11.4. The number of nitrogens with two attached hydrogens (primary N) is 1. The van der Waals surface area contributed by atoms with Crippen LogP contribution in [0, 0.1) is 13.8 Å². The van der Waals surface area contributed by atoms with Gasteiger partial charge in [-0.3, -0.25) is 0 Å². The number of nitrogens with zero attached hydrogens (tertiary/aromatic N) is 1. The van der Waals surface area contributed by atoms with Crippen molar-refractivity contribution in [2.75, 3.05) is 26.2 Å². The molecule has 1 fully saturated rings. The average molecular weight is 248 g/mol. The molecule has 3 heteroatoms. The van der Waals surface area contributed by atoms with Crippen molar-refractivity contribution in [3.8, 4) is 0 Å². The highest BCUT2D eigenvalue weighted by Gasteiger charge is 2.34. The third-order valence-corrected chi connectivity index (χ3v) is 4.23. The van der Waals surface area contributed by atoms with E-state index >= 15 is 0 Å². The molecular weight excluding hydrogens is 224 g/mol. The largest absolute Gasteiger partial charge is 0.385 e. The van der Waals surface area contributed by atoms with Crippen LogP contribution < -0.4 is 5.73 Å². The van der Waals surface area contributed by atoms with E-state index in [9.17, 15) is 5.11 Å². The van der Waals surface area contributed by atoms with Crippen molar-refractivity contribution in [1.82, 2.24) is 4.90 Å². The molecular formula is C15H24N2O. The van der Waals surface area contributed by atoms with Crippen LogP contribution in [0.2, 0.25) is 0 Å². The first-order valence-electron chi connectivity index (χ1n) is 6.78. The molecule has 0 saturated carbocycles. The summed E-state index contributed by atoms with van der Waals surface area (Å²) in [6.07, 6.45) is 1.61. The predicted octanol–water partition coefficient (Wildman–Crippen LogP) is 1.55. The molecule has 0 unspecified atom stereocenters. The van der Waals surface area contributed by atoms with E-state index in [0.29, 0.717) is 6.54 Å². The number of likely N-dealkylation sites (tertiary alicyclic amines) is 1. The lowest BCUT2D eigenvalue weighted by atomic mass is 9.81. The summed E-state index contributed by atoms with van der Waals surface area (Å²) in [4.78, 5) is 2.33. The van der Waals surface area contributed by atoms with Gasteiger partial charge in [0.2, 0.25) is 0 Å². The van der Waals surface area contributed by atoms with Gasteiger partial charge in [0.1, 0.15) is 0 Å². The van der Waals surface area contributed by atoms with Gasteiger partial charge in [-0.1, -0.05) is 18.2 Å². The number of rotatable bonds is 3. The fourth-order valence-corrected chi connectivity index (χ4v) is 2.85. The van der Waals surface area contributed by atoms with Crippen LogP contribution in [0.25, 0.3) is 0 Å². The zero-order valence-corrected chi connectivity index (χ0v) is 11.4. The Morgan fingerprint density at radius 3 is 2.56 bits per heavy atom. The number of aryl methyl sites for hydroxylation is 1. The van der Waals surface area contributed by atoms with E-state index in [4.69, 9.17) is 5.73 Å². The number of piperidine rings is 1. The zero-order chi connectivity index (χ0) is 13.2. The molecule has 0 aliphatic carbocycles. The van der Waals surface area contributed by atoms with Crippen LogP contribution in [0.15, 0.2) is 18.2 Å². The third kappa shape index (κ3) is 2.58. The number of benzene rings is 1. The molecule has 3 N–H and O–H groups in total. The van der Waals surface area contributed by atoms with Gasteiger partial charge in [0.15, 0.2) is 0 Å². The van der Waals surface area contributed by atoms with Crippen molar-refractivity contribution in [2.45, 2.75) is 32.3 Å². The number of aliphatic hydroxyl groups is 1. The van der Waals surface area contributed by atoms with Gasteiger partial charge in [-0.15, -0.1) is 0 Å². The van der Waals surface area contributed by atoms with E-state index < -0.39 is 5.60 Å². The Morgan fingerprint density at radius 2 is 1.94 bits per heavy atom. The molecule has 1 aliphatic heterocycles. The molecule has 18 heavy (non-hydrogen) atoms. The molecule has 1 aromatic carbocycles. The van der Waals surface area contributed by atoms with Gasteiger partial charge >= 0.3 is 0 Å². The molecule has 1 aliphatic rings. The predicted molar refractivity (Wildman–Crippen MR) is 74.5 cm³/mol. The summed E-state index contributed by atoms with van der Waals surface area (Å²) in [5.41, 5.74) is 8.52. The van der Waals surface area contributed by atoms with E-state index in [0.717, 1.165) is 38.0 Å².